The van der Waals surface area contributed by atoms with Crippen molar-refractivity contribution in [1.29, 1.82) is 5.26 Å². The molecule has 0 saturated carbocycles. The van der Waals surface area contributed by atoms with Crippen LogP contribution < -0.4 is 25.2 Å². The highest BCUT2D eigenvalue weighted by molar-refractivity contribution is 7.89. The number of ether oxygens (including phenoxy) is 2. The largest absolute Gasteiger partial charge is 0.493 e. The molecule has 1 aliphatic heterocycles. The van der Waals surface area contributed by atoms with E-state index in [0.29, 0.717) is 53.3 Å². The lowest BCUT2D eigenvalue weighted by atomic mass is 9.75. The highest BCUT2D eigenvalue weighted by Crippen LogP contribution is 2.47. The van der Waals surface area contributed by atoms with E-state index in [0.717, 1.165) is 0 Å². The zero-order valence-electron chi connectivity index (χ0n) is 18.7. The summed E-state index contributed by atoms with van der Waals surface area (Å²) < 4.78 is 34.1. The van der Waals surface area contributed by atoms with Gasteiger partial charge in [0.15, 0.2) is 17.3 Å². The molecule has 2 aromatic rings. The third-order valence-corrected chi connectivity index (χ3v) is 7.01. The molecule has 1 atom stereocenters. The van der Waals surface area contributed by atoms with Gasteiger partial charge in [-0.05, 0) is 54.8 Å². The van der Waals surface area contributed by atoms with Crippen molar-refractivity contribution in [2.45, 2.75) is 30.1 Å². The third kappa shape index (κ3) is 3.89. The minimum absolute atomic E-state index is 0.0477. The molecule has 4 rings (SSSR count). The Balaban J connectivity index is 1.92. The van der Waals surface area contributed by atoms with Gasteiger partial charge in [-0.2, -0.15) is 5.26 Å². The minimum atomic E-state index is -3.87. The van der Waals surface area contributed by atoms with Gasteiger partial charge in [-0.1, -0.05) is 6.07 Å². The van der Waals surface area contributed by atoms with Crippen LogP contribution in [0.25, 0.3) is 0 Å². The lowest BCUT2D eigenvalue weighted by molar-refractivity contribution is -0.116. The molecule has 0 aromatic heterocycles. The molecule has 0 radical (unpaired) electrons. The topological polar surface area (TPSA) is 149 Å². The summed E-state index contributed by atoms with van der Waals surface area (Å²) in [6, 6.07) is 13.3. The Kier molecular flexibility index (Phi) is 6.08. The summed E-state index contributed by atoms with van der Waals surface area (Å²) in [7, 11) is -0.827. The lowest BCUT2D eigenvalue weighted by Crippen LogP contribution is -2.38. The Morgan fingerprint density at radius 2 is 1.74 bits per heavy atom. The fraction of sp³-hybridized carbons (Fsp3) is 0.250. The normalized spacial score (nSPS) is 18.5. The van der Waals surface area contributed by atoms with Gasteiger partial charge in [0.25, 0.3) is 0 Å². The van der Waals surface area contributed by atoms with Gasteiger partial charge >= 0.3 is 0 Å². The molecular formula is C24H24N4O5S. The predicted octanol–water partition coefficient (Wildman–Crippen LogP) is 2.66. The molecule has 1 heterocycles. The first kappa shape index (κ1) is 23.4. The Morgan fingerprint density at radius 3 is 2.32 bits per heavy atom. The van der Waals surface area contributed by atoms with E-state index in [9.17, 15) is 18.5 Å². The maximum atomic E-state index is 13.2. The number of carbonyl (C=O) groups is 1. The second-order valence-electron chi connectivity index (χ2n) is 7.97. The number of sulfonamides is 1. The zero-order chi connectivity index (χ0) is 24.6. The van der Waals surface area contributed by atoms with Crippen molar-refractivity contribution >= 4 is 21.5 Å². The maximum absolute atomic E-state index is 13.2. The van der Waals surface area contributed by atoms with Crippen molar-refractivity contribution in [3.05, 3.63) is 70.7 Å². The van der Waals surface area contributed by atoms with E-state index >= 15 is 0 Å². The highest BCUT2D eigenvalue weighted by atomic mass is 32.2. The number of ketones is 1. The van der Waals surface area contributed by atoms with Crippen LogP contribution in [0, 0.1) is 11.3 Å². The SMILES string of the molecule is COc1ccc([C@H]2C(C#N)=C(N)N(c3ccc(S(N)(=O)=O)cc3)C3=C2C(=O)CCC3)cc1OC. The number of allylic oxidation sites excluding steroid dienone is 3. The monoisotopic (exact) mass is 480 g/mol. The quantitative estimate of drug-likeness (QED) is 0.663. The summed E-state index contributed by atoms with van der Waals surface area (Å²) in [5.41, 5.74) is 9.16. The summed E-state index contributed by atoms with van der Waals surface area (Å²) in [6.45, 7) is 0. The van der Waals surface area contributed by atoms with Crippen molar-refractivity contribution < 1.29 is 22.7 Å². The van der Waals surface area contributed by atoms with Crippen LogP contribution in [0.4, 0.5) is 5.69 Å². The molecule has 0 spiro atoms. The van der Waals surface area contributed by atoms with Gasteiger partial charge in [-0.3, -0.25) is 9.69 Å². The molecule has 34 heavy (non-hydrogen) atoms. The molecule has 0 bridgehead atoms. The number of hydrogen-bond donors (Lipinski definition) is 2. The average molecular weight is 481 g/mol. The van der Waals surface area contributed by atoms with E-state index in [4.69, 9.17) is 20.3 Å². The fourth-order valence-electron chi connectivity index (χ4n) is 4.53. The van der Waals surface area contributed by atoms with Gasteiger partial charge in [-0.25, -0.2) is 13.6 Å². The number of nitriles is 1. The van der Waals surface area contributed by atoms with Gasteiger partial charge in [-0.15, -0.1) is 0 Å². The van der Waals surface area contributed by atoms with Crippen LogP contribution in [0.1, 0.15) is 30.7 Å². The predicted molar refractivity (Wildman–Crippen MR) is 125 cm³/mol. The second-order valence-corrected chi connectivity index (χ2v) is 9.53. The van der Waals surface area contributed by atoms with Crippen LogP contribution in [0.2, 0.25) is 0 Å². The van der Waals surface area contributed by atoms with Crippen molar-refractivity contribution in [2.24, 2.45) is 10.9 Å². The molecule has 0 amide bonds. The van der Waals surface area contributed by atoms with Crippen LogP contribution in [0.15, 0.2) is 70.0 Å². The van der Waals surface area contributed by atoms with Gasteiger partial charge in [0, 0.05) is 23.4 Å². The summed E-state index contributed by atoms with van der Waals surface area (Å²) in [4.78, 5) is 14.8. The highest BCUT2D eigenvalue weighted by Gasteiger charge is 2.40. The van der Waals surface area contributed by atoms with E-state index in [2.05, 4.69) is 6.07 Å². The maximum Gasteiger partial charge on any atom is 0.238 e. The first-order chi connectivity index (χ1) is 16.2. The molecule has 1 aliphatic carbocycles. The molecular weight excluding hydrogens is 456 g/mol. The molecule has 176 valence electrons. The van der Waals surface area contributed by atoms with Crippen LogP contribution in [-0.2, 0) is 14.8 Å². The fourth-order valence-corrected chi connectivity index (χ4v) is 5.05. The lowest BCUT2D eigenvalue weighted by Gasteiger charge is -2.39. The van der Waals surface area contributed by atoms with Gasteiger partial charge < -0.3 is 15.2 Å². The van der Waals surface area contributed by atoms with E-state index in [-0.39, 0.29) is 22.1 Å². The second kappa shape index (κ2) is 8.85. The Hall–Kier alpha value is -3.81. The van der Waals surface area contributed by atoms with E-state index in [1.54, 1.807) is 35.2 Å². The van der Waals surface area contributed by atoms with Crippen LogP contribution in [0.3, 0.4) is 0 Å². The summed E-state index contributed by atoms with van der Waals surface area (Å²) >= 11 is 0. The number of nitrogens with two attached hydrogens (primary N) is 2. The number of methoxy groups -OCH3 is 2. The first-order valence-electron chi connectivity index (χ1n) is 10.5. The number of primary sulfonamides is 1. The number of rotatable bonds is 5. The first-order valence-corrected chi connectivity index (χ1v) is 12.1. The number of carbonyl (C=O) groups excluding carboxylic acids is 1. The molecule has 2 aliphatic rings. The molecule has 9 nitrogen and oxygen atoms in total. The van der Waals surface area contributed by atoms with Crippen LogP contribution in [0.5, 0.6) is 11.5 Å². The summed E-state index contributed by atoms with van der Waals surface area (Å²) in [5, 5.41) is 15.3. The standard InChI is InChI=1S/C24H24N4O5S/c1-32-20-11-6-14(12-21(20)33-2)22-17(13-25)24(26)28(18-4-3-5-19(29)23(18)22)15-7-9-16(10-8-15)34(27,30)31/h6-12,22H,3-5,26H2,1-2H3,(H2,27,30,31)/t22-/m0/s1. The summed E-state index contributed by atoms with van der Waals surface area (Å²) in [5.74, 6) is 0.458. The average Bonchev–Trinajstić information content (AvgIpc) is 2.82. The molecule has 0 unspecified atom stereocenters. The van der Waals surface area contributed by atoms with Crippen LogP contribution >= 0.6 is 0 Å². The van der Waals surface area contributed by atoms with E-state index in [1.807, 2.05) is 0 Å². The molecule has 2 aromatic carbocycles. The minimum Gasteiger partial charge on any atom is -0.493 e. The molecule has 0 fully saturated rings. The summed E-state index contributed by atoms with van der Waals surface area (Å²) in [6.07, 6.45) is 1.57. The van der Waals surface area contributed by atoms with Crippen LogP contribution in [-0.4, -0.2) is 28.4 Å². The van der Waals surface area contributed by atoms with Gasteiger partial charge in [0.05, 0.1) is 36.7 Å². The Labute approximate surface area is 197 Å². The van der Waals surface area contributed by atoms with Gasteiger partial charge in [0.2, 0.25) is 10.0 Å². The Bertz CT molecular complexity index is 1370. The van der Waals surface area contributed by atoms with Crippen molar-refractivity contribution in [2.75, 3.05) is 19.1 Å². The number of benzene rings is 2. The third-order valence-electron chi connectivity index (χ3n) is 6.08. The van der Waals surface area contributed by atoms with Crippen molar-refractivity contribution in [3.8, 4) is 17.6 Å². The number of nitrogens with zero attached hydrogens (tertiary/aromatic N) is 2. The number of Topliss-reactive ketones (excluding diaryl/α,β-unsaturated/α-hetero) is 1. The molecule has 10 heteroatoms. The zero-order valence-corrected chi connectivity index (χ0v) is 19.6. The number of anilines is 1. The van der Waals surface area contributed by atoms with Gasteiger partial charge in [0.1, 0.15) is 5.82 Å². The van der Waals surface area contributed by atoms with Crippen molar-refractivity contribution in [1.82, 2.24) is 0 Å². The van der Waals surface area contributed by atoms with E-state index < -0.39 is 15.9 Å². The Morgan fingerprint density at radius 1 is 1.06 bits per heavy atom. The number of hydrogen-bond acceptors (Lipinski definition) is 8. The van der Waals surface area contributed by atoms with E-state index in [1.165, 1.54) is 26.4 Å². The van der Waals surface area contributed by atoms with Crippen molar-refractivity contribution in [3.63, 3.8) is 0 Å². The molecule has 0 saturated heterocycles. The smallest absolute Gasteiger partial charge is 0.238 e. The molecule has 4 N–H and O–H groups in total.